The Labute approximate surface area is 221 Å². The van der Waals surface area contributed by atoms with Crippen LogP contribution in [-0.4, -0.2) is 51.8 Å². The number of benzene rings is 2. The second-order valence-electron chi connectivity index (χ2n) is 10.2. The smallest absolute Gasteiger partial charge is 0.410 e. The Kier molecular flexibility index (Phi) is 7.54. The molecule has 38 heavy (non-hydrogen) atoms. The number of rotatable bonds is 6. The van der Waals surface area contributed by atoms with Crippen LogP contribution in [0.1, 0.15) is 45.7 Å². The summed E-state index contributed by atoms with van der Waals surface area (Å²) in [5.41, 5.74) is 1.49. The summed E-state index contributed by atoms with van der Waals surface area (Å²) < 4.78 is 46.0. The summed E-state index contributed by atoms with van der Waals surface area (Å²) >= 11 is 0. The van der Waals surface area contributed by atoms with Crippen molar-refractivity contribution in [2.45, 2.75) is 63.3 Å². The molecule has 0 radical (unpaired) electrons. The van der Waals surface area contributed by atoms with Gasteiger partial charge in [-0.3, -0.25) is 0 Å². The van der Waals surface area contributed by atoms with Crippen molar-refractivity contribution in [3.63, 3.8) is 0 Å². The van der Waals surface area contributed by atoms with Gasteiger partial charge in [-0.05, 0) is 76.4 Å². The van der Waals surface area contributed by atoms with Crippen molar-refractivity contribution in [1.29, 1.82) is 0 Å². The van der Waals surface area contributed by atoms with Crippen molar-refractivity contribution in [1.82, 2.24) is 19.9 Å². The zero-order chi connectivity index (χ0) is 27.7. The summed E-state index contributed by atoms with van der Waals surface area (Å²) in [4.78, 5) is 26.5. The number of hydrogen-bond acceptors (Lipinski definition) is 9. The number of para-hydroxylation sites is 1. The maximum atomic E-state index is 15.0. The molecule has 0 spiro atoms. The molecule has 0 fully saturated rings. The summed E-state index contributed by atoms with van der Waals surface area (Å²) in [5.74, 6) is -0.352. The number of nitrogens with zero attached hydrogens (tertiary/aromatic N) is 4. The summed E-state index contributed by atoms with van der Waals surface area (Å²) in [6, 6.07) is 9.56. The number of hydrogen-bond donors (Lipinski definition) is 2. The number of fused-ring (bicyclic) bond motifs is 1. The third-order valence-electron chi connectivity index (χ3n) is 5.83. The van der Waals surface area contributed by atoms with Crippen molar-refractivity contribution < 1.29 is 22.3 Å². The Hall–Kier alpha value is -3.80. The molecular weight excluding hydrogens is 511 g/mol. The predicted molar refractivity (Wildman–Crippen MR) is 142 cm³/mol. The molecule has 1 aliphatic rings. The highest BCUT2D eigenvalue weighted by molar-refractivity contribution is 7.92. The Morgan fingerprint density at radius 3 is 2.37 bits per heavy atom. The molecule has 2 heterocycles. The molecule has 0 bridgehead atoms. The molecule has 4 rings (SSSR count). The Balaban J connectivity index is 1.52. The van der Waals surface area contributed by atoms with Gasteiger partial charge in [0.25, 0.3) is 0 Å². The van der Waals surface area contributed by atoms with Gasteiger partial charge in [0.1, 0.15) is 17.7 Å². The topological polar surface area (TPSA) is 126 Å². The van der Waals surface area contributed by atoms with E-state index in [1.807, 2.05) is 0 Å². The highest BCUT2D eigenvalue weighted by Gasteiger charge is 2.27. The van der Waals surface area contributed by atoms with E-state index in [2.05, 4.69) is 25.6 Å². The van der Waals surface area contributed by atoms with E-state index in [0.717, 1.165) is 5.56 Å². The second kappa shape index (κ2) is 10.5. The van der Waals surface area contributed by atoms with Crippen LogP contribution in [0, 0.1) is 5.82 Å². The Bertz CT molecular complexity index is 1460. The van der Waals surface area contributed by atoms with Crippen molar-refractivity contribution in [3.8, 4) is 0 Å². The first kappa shape index (κ1) is 27.2. The molecule has 10 nitrogen and oxygen atoms in total. The normalized spacial score (nSPS) is 13.7. The third kappa shape index (κ3) is 6.18. The lowest BCUT2D eigenvalue weighted by Crippen LogP contribution is -2.39. The van der Waals surface area contributed by atoms with E-state index >= 15 is 4.39 Å². The van der Waals surface area contributed by atoms with Crippen LogP contribution in [0.25, 0.3) is 0 Å². The summed E-state index contributed by atoms with van der Waals surface area (Å²) in [7, 11) is -3.55. The highest BCUT2D eigenvalue weighted by atomic mass is 32.2. The molecule has 0 aliphatic carbocycles. The molecular formula is C26H31FN6O4S. The minimum atomic E-state index is -3.55. The molecule has 202 valence electrons. The van der Waals surface area contributed by atoms with Gasteiger partial charge in [0.15, 0.2) is 9.84 Å². The van der Waals surface area contributed by atoms with Gasteiger partial charge in [0.05, 0.1) is 21.5 Å². The molecule has 0 saturated carbocycles. The van der Waals surface area contributed by atoms with Crippen molar-refractivity contribution >= 4 is 39.2 Å². The lowest BCUT2D eigenvalue weighted by Gasteiger charge is -2.31. The number of aromatic nitrogens is 3. The number of carbonyl (C=O) groups excluding carboxylic acids is 1. The largest absolute Gasteiger partial charge is 0.444 e. The summed E-state index contributed by atoms with van der Waals surface area (Å²) in [5, 5.41) is 5.20. The monoisotopic (exact) mass is 542 g/mol. The molecule has 1 aliphatic heterocycles. The van der Waals surface area contributed by atoms with E-state index in [1.54, 1.807) is 63.8 Å². The van der Waals surface area contributed by atoms with E-state index in [1.165, 1.54) is 18.5 Å². The molecule has 0 unspecified atom stereocenters. The molecule has 1 aromatic heterocycles. The second-order valence-corrected chi connectivity index (χ2v) is 12.7. The van der Waals surface area contributed by atoms with Crippen LogP contribution in [0.2, 0.25) is 0 Å². The van der Waals surface area contributed by atoms with Crippen molar-refractivity contribution in [3.05, 3.63) is 59.7 Å². The van der Waals surface area contributed by atoms with Crippen LogP contribution in [-0.2, 0) is 27.5 Å². The first-order chi connectivity index (χ1) is 17.8. The number of sulfone groups is 1. The zero-order valence-corrected chi connectivity index (χ0v) is 22.8. The van der Waals surface area contributed by atoms with Crippen LogP contribution < -0.4 is 10.6 Å². The molecule has 0 atom stereocenters. The van der Waals surface area contributed by atoms with E-state index in [-0.39, 0.29) is 29.0 Å². The fraction of sp³-hybridized carbons (Fsp3) is 0.385. The zero-order valence-electron chi connectivity index (χ0n) is 21.9. The Morgan fingerprint density at radius 2 is 1.71 bits per heavy atom. The van der Waals surface area contributed by atoms with Crippen LogP contribution in [0.15, 0.2) is 47.6 Å². The van der Waals surface area contributed by atoms with E-state index in [4.69, 9.17) is 4.74 Å². The SMILES string of the molecule is CC(C)S(=O)(=O)c1ccccc1Nc1ncnc(Nc2cc3c(cc2F)CN(C(=O)OC(C)(C)C)CC3)n1. The molecule has 2 aromatic carbocycles. The van der Waals surface area contributed by atoms with E-state index < -0.39 is 32.6 Å². The van der Waals surface area contributed by atoms with E-state index in [9.17, 15) is 13.2 Å². The van der Waals surface area contributed by atoms with Gasteiger partial charge < -0.3 is 20.3 Å². The fourth-order valence-corrected chi connectivity index (χ4v) is 5.09. The van der Waals surface area contributed by atoms with Gasteiger partial charge in [0, 0.05) is 13.1 Å². The lowest BCUT2D eigenvalue weighted by atomic mass is 9.99. The van der Waals surface area contributed by atoms with Crippen molar-refractivity contribution in [2.24, 2.45) is 0 Å². The van der Waals surface area contributed by atoms with Gasteiger partial charge in [-0.15, -0.1) is 0 Å². The van der Waals surface area contributed by atoms with E-state index in [0.29, 0.717) is 24.2 Å². The maximum Gasteiger partial charge on any atom is 0.410 e. The third-order valence-corrected chi connectivity index (χ3v) is 8.04. The minimum absolute atomic E-state index is 0.0803. The molecule has 0 saturated heterocycles. The number of anilines is 4. The van der Waals surface area contributed by atoms with Gasteiger partial charge in [-0.2, -0.15) is 4.98 Å². The van der Waals surface area contributed by atoms with Crippen LogP contribution >= 0.6 is 0 Å². The first-order valence-electron chi connectivity index (χ1n) is 12.2. The number of ether oxygens (including phenoxy) is 1. The lowest BCUT2D eigenvalue weighted by molar-refractivity contribution is 0.0223. The highest BCUT2D eigenvalue weighted by Crippen LogP contribution is 2.29. The van der Waals surface area contributed by atoms with Crippen LogP contribution in [0.3, 0.4) is 0 Å². The standard InChI is InChI=1S/C26H31FN6O4S/c1-16(2)38(35,36)22-9-7-6-8-20(22)30-23-28-15-29-24(32-23)31-21-13-17-10-11-33(14-18(17)12-19(21)27)25(34)37-26(3,4)5/h6-9,12-13,15-16H,10-11,14H2,1-5H3,(H2,28,29,30,31,32). The Morgan fingerprint density at radius 1 is 1.05 bits per heavy atom. The number of halogens is 1. The first-order valence-corrected chi connectivity index (χ1v) is 13.7. The molecule has 1 amide bonds. The average molecular weight is 543 g/mol. The van der Waals surface area contributed by atoms with Gasteiger partial charge in [0.2, 0.25) is 11.9 Å². The minimum Gasteiger partial charge on any atom is -0.444 e. The molecule has 3 aromatic rings. The summed E-state index contributed by atoms with van der Waals surface area (Å²) in [6.45, 7) is 9.32. The number of nitrogens with one attached hydrogen (secondary N) is 2. The number of carbonyl (C=O) groups is 1. The van der Waals surface area contributed by atoms with Crippen LogP contribution in [0.4, 0.5) is 32.5 Å². The van der Waals surface area contributed by atoms with Crippen LogP contribution in [0.5, 0.6) is 0 Å². The van der Waals surface area contributed by atoms with Gasteiger partial charge >= 0.3 is 6.09 Å². The number of amides is 1. The van der Waals surface area contributed by atoms with Gasteiger partial charge in [-0.1, -0.05) is 12.1 Å². The molecule has 2 N–H and O–H groups in total. The summed E-state index contributed by atoms with van der Waals surface area (Å²) in [6.07, 6.45) is 1.35. The van der Waals surface area contributed by atoms with Crippen molar-refractivity contribution in [2.75, 3.05) is 17.2 Å². The quantitative estimate of drug-likeness (QED) is 0.444. The predicted octanol–water partition coefficient (Wildman–Crippen LogP) is 4.97. The van der Waals surface area contributed by atoms with Gasteiger partial charge in [-0.25, -0.2) is 27.6 Å². The fourth-order valence-electron chi connectivity index (χ4n) is 3.89. The molecule has 12 heteroatoms. The average Bonchev–Trinajstić information content (AvgIpc) is 2.83. The maximum absolute atomic E-state index is 15.0.